The summed E-state index contributed by atoms with van der Waals surface area (Å²) in [6, 6.07) is 29.4. The minimum absolute atomic E-state index is 0.00728. The van der Waals surface area contributed by atoms with Crippen molar-refractivity contribution in [3.8, 4) is 17.0 Å². The van der Waals surface area contributed by atoms with Crippen LogP contribution >= 0.6 is 15.9 Å². The van der Waals surface area contributed by atoms with Gasteiger partial charge in [0.2, 0.25) is 17.7 Å². The van der Waals surface area contributed by atoms with Crippen molar-refractivity contribution in [2.75, 3.05) is 19.7 Å². The molecule has 1 atom stereocenters. The number of carbonyl (C=O) groups is 5. The van der Waals surface area contributed by atoms with Crippen LogP contribution in [0, 0.1) is 0 Å². The van der Waals surface area contributed by atoms with Crippen molar-refractivity contribution >= 4 is 56.5 Å². The first kappa shape index (κ1) is 35.6. The molecule has 11 nitrogen and oxygen atoms in total. The number of halogens is 1. The highest BCUT2D eigenvalue weighted by Crippen LogP contribution is 2.31. The SMILES string of the molecule is CCOC(=O)CNC(=O)[C@H](Cc1ccc(OC(=O)c2ccccc2)cc1)NC(=O)CNC(=O)Cc1c(-c2ccc(Br)cc2)[nH]c2ccccc12. The third-order valence-electron chi connectivity index (χ3n) is 7.68. The number of H-pyrrole nitrogens is 1. The van der Waals surface area contributed by atoms with Crippen LogP contribution in [0.2, 0.25) is 0 Å². The van der Waals surface area contributed by atoms with Gasteiger partial charge in [-0.1, -0.05) is 76.6 Å². The lowest BCUT2D eigenvalue weighted by atomic mass is 10.0. The molecule has 256 valence electrons. The van der Waals surface area contributed by atoms with Crippen molar-refractivity contribution in [2.24, 2.45) is 0 Å². The number of hydrogen-bond acceptors (Lipinski definition) is 7. The van der Waals surface area contributed by atoms with Gasteiger partial charge in [-0.25, -0.2) is 4.79 Å². The molecule has 4 aromatic carbocycles. The molecule has 1 aromatic heterocycles. The maximum Gasteiger partial charge on any atom is 0.343 e. The standard InChI is InChI=1S/C38H35BrN4O7/c1-2-49-35(46)23-41-37(47)32(20-24-12-18-28(19-13-24)50-38(48)26-8-4-3-5-9-26)42-34(45)22-40-33(44)21-30-29-10-6-7-11-31(29)43-36(30)25-14-16-27(39)17-15-25/h3-19,32,43H,2,20-23H2,1H3,(H,40,44)(H,41,47)(H,42,45)/t32-/m0/s1. The van der Waals surface area contributed by atoms with E-state index in [4.69, 9.17) is 9.47 Å². The van der Waals surface area contributed by atoms with Crippen molar-refractivity contribution in [1.82, 2.24) is 20.9 Å². The summed E-state index contributed by atoms with van der Waals surface area (Å²) in [7, 11) is 0. The maximum absolute atomic E-state index is 13.2. The number of amides is 3. The number of ether oxygens (including phenoxy) is 2. The van der Waals surface area contributed by atoms with Gasteiger partial charge in [-0.2, -0.15) is 0 Å². The predicted molar refractivity (Wildman–Crippen MR) is 191 cm³/mol. The highest BCUT2D eigenvalue weighted by Gasteiger charge is 2.23. The molecule has 1 heterocycles. The summed E-state index contributed by atoms with van der Waals surface area (Å²) in [5.41, 5.74) is 4.42. The normalized spacial score (nSPS) is 11.3. The third kappa shape index (κ3) is 9.66. The van der Waals surface area contributed by atoms with Crippen LogP contribution in [-0.2, 0) is 36.8 Å². The summed E-state index contributed by atoms with van der Waals surface area (Å²) >= 11 is 3.45. The zero-order valence-electron chi connectivity index (χ0n) is 27.2. The van der Waals surface area contributed by atoms with Gasteiger partial charge in [-0.05, 0) is 66.1 Å². The van der Waals surface area contributed by atoms with E-state index in [0.717, 1.165) is 32.2 Å². The molecule has 0 bridgehead atoms. The molecule has 0 unspecified atom stereocenters. The van der Waals surface area contributed by atoms with Gasteiger partial charge >= 0.3 is 11.9 Å². The number of hydrogen-bond donors (Lipinski definition) is 4. The molecule has 12 heteroatoms. The maximum atomic E-state index is 13.2. The Labute approximate surface area is 296 Å². The number of carbonyl (C=O) groups excluding carboxylic acids is 5. The van der Waals surface area contributed by atoms with Crippen LogP contribution < -0.4 is 20.7 Å². The van der Waals surface area contributed by atoms with Crippen LogP contribution in [0.15, 0.2) is 108 Å². The van der Waals surface area contributed by atoms with Crippen molar-refractivity contribution < 1.29 is 33.4 Å². The first-order valence-electron chi connectivity index (χ1n) is 15.9. The van der Waals surface area contributed by atoms with Gasteiger partial charge in [0.15, 0.2) is 0 Å². The first-order valence-corrected chi connectivity index (χ1v) is 16.7. The summed E-state index contributed by atoms with van der Waals surface area (Å²) in [5, 5.41) is 8.71. The van der Waals surface area contributed by atoms with E-state index in [1.54, 1.807) is 61.5 Å². The molecule has 5 aromatic rings. The highest BCUT2D eigenvalue weighted by molar-refractivity contribution is 9.10. The minimum atomic E-state index is -1.09. The van der Waals surface area contributed by atoms with Crippen LogP contribution in [0.1, 0.15) is 28.4 Å². The Morgan fingerprint density at radius 2 is 1.48 bits per heavy atom. The minimum Gasteiger partial charge on any atom is -0.465 e. The Kier molecular flexibility index (Phi) is 12.1. The van der Waals surface area contributed by atoms with E-state index in [9.17, 15) is 24.0 Å². The fourth-order valence-corrected chi connectivity index (χ4v) is 5.53. The van der Waals surface area contributed by atoms with E-state index in [-0.39, 0.29) is 38.4 Å². The monoisotopic (exact) mass is 738 g/mol. The Morgan fingerprint density at radius 1 is 0.780 bits per heavy atom. The molecular formula is C38H35BrN4O7. The van der Waals surface area contributed by atoms with E-state index in [0.29, 0.717) is 16.9 Å². The van der Waals surface area contributed by atoms with Crippen molar-refractivity contribution in [3.05, 3.63) is 124 Å². The van der Waals surface area contributed by atoms with Gasteiger partial charge < -0.3 is 30.4 Å². The zero-order chi connectivity index (χ0) is 35.5. The molecule has 0 aliphatic carbocycles. The van der Waals surface area contributed by atoms with Gasteiger partial charge in [-0.15, -0.1) is 0 Å². The molecule has 0 spiro atoms. The highest BCUT2D eigenvalue weighted by atomic mass is 79.9. The van der Waals surface area contributed by atoms with Gasteiger partial charge in [0, 0.05) is 21.8 Å². The number of aromatic nitrogens is 1. The lowest BCUT2D eigenvalue weighted by molar-refractivity contribution is -0.143. The second-order valence-corrected chi connectivity index (χ2v) is 12.1. The Balaban J connectivity index is 1.23. The van der Waals surface area contributed by atoms with Crippen LogP contribution in [0.4, 0.5) is 0 Å². The molecule has 3 amide bonds. The number of fused-ring (bicyclic) bond motifs is 1. The molecular weight excluding hydrogens is 704 g/mol. The quantitative estimate of drug-likeness (QED) is 0.0935. The van der Waals surface area contributed by atoms with E-state index in [2.05, 4.69) is 36.9 Å². The van der Waals surface area contributed by atoms with E-state index in [1.807, 2.05) is 48.5 Å². The fraction of sp³-hybridized carbons (Fsp3) is 0.184. The predicted octanol–water partition coefficient (Wildman–Crippen LogP) is 4.88. The lowest BCUT2D eigenvalue weighted by Gasteiger charge is -2.19. The summed E-state index contributed by atoms with van der Waals surface area (Å²) in [5.74, 6) is -2.44. The summed E-state index contributed by atoms with van der Waals surface area (Å²) in [4.78, 5) is 67.1. The zero-order valence-corrected chi connectivity index (χ0v) is 28.7. The summed E-state index contributed by atoms with van der Waals surface area (Å²) < 4.78 is 11.2. The molecule has 5 rings (SSSR count). The topological polar surface area (TPSA) is 156 Å². The van der Waals surface area contributed by atoms with Crippen molar-refractivity contribution in [1.29, 1.82) is 0 Å². The molecule has 4 N–H and O–H groups in total. The number of rotatable bonds is 14. The largest absolute Gasteiger partial charge is 0.465 e. The molecule has 0 aliphatic rings. The second-order valence-electron chi connectivity index (χ2n) is 11.2. The Hall–Kier alpha value is -5.75. The van der Waals surface area contributed by atoms with Crippen LogP contribution in [0.5, 0.6) is 5.75 Å². The van der Waals surface area contributed by atoms with Crippen LogP contribution in [-0.4, -0.2) is 60.4 Å². The van der Waals surface area contributed by atoms with E-state index in [1.165, 1.54) is 0 Å². The van der Waals surface area contributed by atoms with Crippen molar-refractivity contribution in [3.63, 3.8) is 0 Å². The lowest BCUT2D eigenvalue weighted by Crippen LogP contribution is -2.51. The number of esters is 2. The van der Waals surface area contributed by atoms with Crippen LogP contribution in [0.3, 0.4) is 0 Å². The molecule has 0 fully saturated rings. The number of benzene rings is 4. The second kappa shape index (κ2) is 17.1. The molecule has 0 saturated carbocycles. The summed E-state index contributed by atoms with van der Waals surface area (Å²) in [6.45, 7) is 1.04. The van der Waals surface area contributed by atoms with Gasteiger partial charge in [-0.3, -0.25) is 19.2 Å². The molecule has 50 heavy (non-hydrogen) atoms. The fourth-order valence-electron chi connectivity index (χ4n) is 5.27. The average Bonchev–Trinajstić information content (AvgIpc) is 3.49. The van der Waals surface area contributed by atoms with E-state index < -0.39 is 29.8 Å². The van der Waals surface area contributed by atoms with Gasteiger partial charge in [0.1, 0.15) is 18.3 Å². The smallest absolute Gasteiger partial charge is 0.343 e. The Morgan fingerprint density at radius 3 is 2.20 bits per heavy atom. The van der Waals surface area contributed by atoms with Gasteiger partial charge in [0.25, 0.3) is 0 Å². The molecule has 0 saturated heterocycles. The number of aromatic amines is 1. The van der Waals surface area contributed by atoms with Crippen LogP contribution in [0.25, 0.3) is 22.2 Å². The number of para-hydroxylation sites is 1. The number of nitrogens with one attached hydrogen (secondary N) is 4. The molecule has 0 radical (unpaired) electrons. The summed E-state index contributed by atoms with van der Waals surface area (Å²) in [6.07, 6.45) is 0.0560. The Bertz CT molecular complexity index is 1980. The first-order chi connectivity index (χ1) is 24.2. The molecule has 0 aliphatic heterocycles. The average molecular weight is 740 g/mol. The van der Waals surface area contributed by atoms with Crippen molar-refractivity contribution in [2.45, 2.75) is 25.8 Å². The third-order valence-corrected chi connectivity index (χ3v) is 8.21. The van der Waals surface area contributed by atoms with Gasteiger partial charge in [0.05, 0.1) is 30.8 Å². The van der Waals surface area contributed by atoms with E-state index >= 15 is 0 Å².